The largest absolute Gasteiger partial charge is 0.306 e. The van der Waals surface area contributed by atoms with Crippen molar-refractivity contribution >= 4 is 18.5 Å². The van der Waals surface area contributed by atoms with E-state index < -0.39 is 0 Å². The van der Waals surface area contributed by atoms with Crippen LogP contribution in [-0.2, 0) is 17.1 Å². The predicted molar refractivity (Wildman–Crippen MR) is 126 cm³/mol. The Hall–Kier alpha value is -0.651. The fraction of sp³-hybridized carbons (Fsp3) is 0.538. The van der Waals surface area contributed by atoms with Gasteiger partial charge in [0, 0.05) is 23.1 Å². The molecule has 0 saturated heterocycles. The van der Waals surface area contributed by atoms with Crippen LogP contribution in [0.1, 0.15) is 58.3 Å². The molecule has 0 heterocycles. The summed E-state index contributed by atoms with van der Waals surface area (Å²) in [6.07, 6.45) is 11.6. The van der Waals surface area contributed by atoms with E-state index in [9.17, 15) is 0 Å². The van der Waals surface area contributed by atoms with Crippen LogP contribution in [0.4, 0.5) is 0 Å². The van der Waals surface area contributed by atoms with E-state index in [1.807, 2.05) is 0 Å². The molecule has 4 rings (SSSR count). The van der Waals surface area contributed by atoms with Crippen molar-refractivity contribution in [3.8, 4) is 0 Å². The molecule has 3 atom stereocenters. The van der Waals surface area contributed by atoms with Gasteiger partial charge in [0.25, 0.3) is 0 Å². The van der Waals surface area contributed by atoms with Gasteiger partial charge in [0.05, 0.1) is 0 Å². The molecule has 2 aromatic carbocycles. The van der Waals surface area contributed by atoms with Gasteiger partial charge >= 0.3 is 0 Å². The maximum absolute atomic E-state index is 2.41. The number of nitrogens with zero attached hydrogens (tertiary/aromatic N) is 1. The monoisotopic (exact) mass is 451 g/mol. The molecule has 3 unspecified atom stereocenters. The van der Waals surface area contributed by atoms with E-state index in [-0.39, 0.29) is 25.0 Å². The molecule has 0 N–H and O–H groups in total. The van der Waals surface area contributed by atoms with Crippen LogP contribution in [0.2, 0.25) is 0 Å². The molecule has 2 aliphatic carbocycles. The number of benzene rings is 2. The van der Waals surface area contributed by atoms with Gasteiger partial charge in [-0.2, -0.15) is 0 Å². The Labute approximate surface area is 190 Å². The van der Waals surface area contributed by atoms with Gasteiger partial charge < -0.3 is 4.90 Å². The first-order chi connectivity index (χ1) is 13.7. The van der Waals surface area contributed by atoms with Crippen molar-refractivity contribution < 1.29 is 17.1 Å². The zero-order valence-corrected chi connectivity index (χ0v) is 20.4. The summed E-state index contributed by atoms with van der Waals surface area (Å²) >= 11 is 0. The Balaban J connectivity index is 0.000000437. The Kier molecular flexibility index (Phi) is 11.0. The Morgan fingerprint density at radius 2 is 1.17 bits per heavy atom. The summed E-state index contributed by atoms with van der Waals surface area (Å²) in [5.41, 5.74) is 0.798. The third-order valence-electron chi connectivity index (χ3n) is 6.62. The van der Waals surface area contributed by atoms with Crippen LogP contribution in [0.15, 0.2) is 60.7 Å². The van der Waals surface area contributed by atoms with Gasteiger partial charge in [-0.3, -0.25) is 0 Å². The van der Waals surface area contributed by atoms with Crippen LogP contribution in [0.25, 0.3) is 0 Å². The summed E-state index contributed by atoms with van der Waals surface area (Å²) in [5, 5.41) is 3.08. The zero-order valence-electron chi connectivity index (χ0n) is 18.4. The van der Waals surface area contributed by atoms with Gasteiger partial charge in [0.1, 0.15) is 0 Å². The van der Waals surface area contributed by atoms with E-state index in [2.05, 4.69) is 86.6 Å². The van der Waals surface area contributed by atoms with Gasteiger partial charge in [-0.25, -0.2) is 0 Å². The Morgan fingerprint density at radius 3 is 1.59 bits per heavy atom. The summed E-state index contributed by atoms with van der Waals surface area (Å²) in [6, 6.07) is 23.1. The van der Waals surface area contributed by atoms with E-state index in [4.69, 9.17) is 0 Å². The third kappa shape index (κ3) is 6.93. The van der Waals surface area contributed by atoms with Gasteiger partial charge in [-0.15, -0.1) is 0 Å². The quantitative estimate of drug-likeness (QED) is 0.387. The Morgan fingerprint density at radius 1 is 0.724 bits per heavy atom. The summed E-state index contributed by atoms with van der Waals surface area (Å²) < 4.78 is 0. The van der Waals surface area contributed by atoms with E-state index in [1.54, 1.807) is 0 Å². The first-order valence-corrected chi connectivity index (χ1v) is 12.7. The van der Waals surface area contributed by atoms with E-state index in [0.717, 1.165) is 11.6 Å². The van der Waals surface area contributed by atoms with Crippen LogP contribution < -0.4 is 10.6 Å². The minimum atomic E-state index is -0.275. The molecular formula is C26H38FeNP. The van der Waals surface area contributed by atoms with Crippen LogP contribution in [-0.4, -0.2) is 30.7 Å². The SMILES string of the molecule is C1CCCC1.CC(C1CCCC1P(c1ccccc1)c1ccccc1)N(C)C.[Fe]. The van der Waals surface area contributed by atoms with Gasteiger partial charge in [0.15, 0.2) is 0 Å². The second-order valence-electron chi connectivity index (χ2n) is 8.68. The minimum absolute atomic E-state index is 0. The standard InChI is InChI=1S/C21H28NP.C5H10.Fe/c1-17(22(2)3)20-15-10-16-21(20)23(18-11-6-4-7-12-18)19-13-8-5-9-14-19;1-2-4-5-3-1;/h4-9,11-14,17,20-21H,10,15-16H2,1-3H3;1-5H2;. The average Bonchev–Trinajstić information content (AvgIpc) is 3.45. The number of hydrogen-bond donors (Lipinski definition) is 0. The van der Waals surface area contributed by atoms with Gasteiger partial charge in [0.2, 0.25) is 0 Å². The second-order valence-corrected chi connectivity index (χ2v) is 11.1. The minimum Gasteiger partial charge on any atom is -0.306 e. The topological polar surface area (TPSA) is 3.24 Å². The van der Waals surface area contributed by atoms with E-state index in [1.165, 1.54) is 62.0 Å². The molecule has 2 fully saturated rings. The average molecular weight is 451 g/mol. The van der Waals surface area contributed by atoms with Crippen LogP contribution >= 0.6 is 7.92 Å². The molecule has 2 aromatic rings. The van der Waals surface area contributed by atoms with Crippen molar-refractivity contribution in [1.82, 2.24) is 4.90 Å². The van der Waals surface area contributed by atoms with E-state index >= 15 is 0 Å². The van der Waals surface area contributed by atoms with Crippen molar-refractivity contribution in [2.45, 2.75) is 70.0 Å². The molecule has 0 bridgehead atoms. The summed E-state index contributed by atoms with van der Waals surface area (Å²) in [4.78, 5) is 2.41. The maximum atomic E-state index is 2.41. The first-order valence-electron chi connectivity index (χ1n) is 11.2. The first kappa shape index (κ1) is 24.6. The summed E-state index contributed by atoms with van der Waals surface area (Å²) in [7, 11) is 4.18. The van der Waals surface area contributed by atoms with Gasteiger partial charge in [-0.05, 0) is 64.0 Å². The number of hydrogen-bond acceptors (Lipinski definition) is 1. The van der Waals surface area contributed by atoms with Crippen LogP contribution in [0, 0.1) is 5.92 Å². The molecule has 0 spiro atoms. The van der Waals surface area contributed by atoms with Crippen molar-refractivity contribution in [3.63, 3.8) is 0 Å². The molecule has 0 radical (unpaired) electrons. The van der Waals surface area contributed by atoms with E-state index in [0.29, 0.717) is 6.04 Å². The van der Waals surface area contributed by atoms with Crippen molar-refractivity contribution in [2.75, 3.05) is 14.1 Å². The molecule has 1 nitrogen and oxygen atoms in total. The molecule has 0 amide bonds. The molecule has 2 aliphatic rings. The maximum Gasteiger partial charge on any atom is 0.00953 e. The molecule has 0 aliphatic heterocycles. The normalized spacial score (nSPS) is 22.1. The Bertz CT molecular complexity index is 625. The summed E-state index contributed by atoms with van der Waals surface area (Å²) in [5.74, 6) is 0.802. The molecule has 160 valence electrons. The predicted octanol–water partition coefficient (Wildman–Crippen LogP) is 6.19. The zero-order chi connectivity index (χ0) is 19.8. The number of rotatable bonds is 5. The van der Waals surface area contributed by atoms with Crippen molar-refractivity contribution in [1.29, 1.82) is 0 Å². The van der Waals surface area contributed by atoms with Crippen LogP contribution in [0.3, 0.4) is 0 Å². The van der Waals surface area contributed by atoms with Crippen molar-refractivity contribution in [3.05, 3.63) is 60.7 Å². The summed E-state index contributed by atoms with van der Waals surface area (Å²) in [6.45, 7) is 2.41. The molecule has 29 heavy (non-hydrogen) atoms. The molecule has 3 heteroatoms. The molecule has 2 saturated carbocycles. The molecule has 0 aromatic heterocycles. The third-order valence-corrected chi connectivity index (χ3v) is 9.63. The fourth-order valence-corrected chi connectivity index (χ4v) is 8.10. The molecular weight excluding hydrogens is 413 g/mol. The van der Waals surface area contributed by atoms with Crippen LogP contribution in [0.5, 0.6) is 0 Å². The second kappa shape index (κ2) is 12.9. The van der Waals surface area contributed by atoms with Gasteiger partial charge in [-0.1, -0.05) is 99.2 Å². The fourth-order valence-electron chi connectivity index (χ4n) is 4.83. The smallest absolute Gasteiger partial charge is 0.00953 e. The van der Waals surface area contributed by atoms with Crippen molar-refractivity contribution in [2.24, 2.45) is 5.92 Å².